The third-order valence-electron chi connectivity index (χ3n) is 4.59. The molecule has 2 aromatic rings. The van der Waals surface area contributed by atoms with Gasteiger partial charge >= 0.3 is 0 Å². The summed E-state index contributed by atoms with van der Waals surface area (Å²) in [5, 5.41) is 4.45. The molecule has 0 saturated carbocycles. The largest absolute Gasteiger partial charge is 0.353 e. The molecular formula is C18H25N3O2S2. The highest BCUT2D eigenvalue weighted by Gasteiger charge is 2.23. The first-order valence-electron chi connectivity index (χ1n) is 9.02. The van der Waals surface area contributed by atoms with E-state index in [1.807, 2.05) is 13.8 Å². The van der Waals surface area contributed by atoms with Crippen molar-refractivity contribution in [2.45, 2.75) is 70.6 Å². The van der Waals surface area contributed by atoms with Gasteiger partial charge in [-0.2, -0.15) is 0 Å². The van der Waals surface area contributed by atoms with Crippen molar-refractivity contribution >= 4 is 39.2 Å². The third kappa shape index (κ3) is 3.77. The van der Waals surface area contributed by atoms with Gasteiger partial charge in [-0.3, -0.25) is 14.2 Å². The van der Waals surface area contributed by atoms with Crippen molar-refractivity contribution in [2.24, 2.45) is 0 Å². The molecule has 0 fully saturated rings. The van der Waals surface area contributed by atoms with Crippen LogP contribution in [-0.2, 0) is 24.2 Å². The van der Waals surface area contributed by atoms with Crippen molar-refractivity contribution in [2.75, 3.05) is 5.75 Å². The Morgan fingerprint density at radius 2 is 2.20 bits per heavy atom. The second-order valence-electron chi connectivity index (χ2n) is 6.55. The van der Waals surface area contributed by atoms with Gasteiger partial charge in [0.1, 0.15) is 4.83 Å². The lowest BCUT2D eigenvalue weighted by Gasteiger charge is -2.13. The van der Waals surface area contributed by atoms with E-state index in [0.29, 0.717) is 11.7 Å². The highest BCUT2D eigenvalue weighted by atomic mass is 32.2. The minimum absolute atomic E-state index is 0.00887. The first-order valence-corrected chi connectivity index (χ1v) is 10.8. The molecule has 136 valence electrons. The third-order valence-corrected chi connectivity index (χ3v) is 6.75. The molecule has 3 rings (SSSR count). The number of hydrogen-bond donors (Lipinski definition) is 1. The predicted molar refractivity (Wildman–Crippen MR) is 105 cm³/mol. The van der Waals surface area contributed by atoms with Gasteiger partial charge in [-0.05, 0) is 44.6 Å². The molecule has 7 heteroatoms. The summed E-state index contributed by atoms with van der Waals surface area (Å²) < 4.78 is 1.76. The molecule has 25 heavy (non-hydrogen) atoms. The molecule has 0 bridgehead atoms. The highest BCUT2D eigenvalue weighted by Crippen LogP contribution is 2.35. The first-order chi connectivity index (χ1) is 12.0. The molecule has 1 aliphatic rings. The normalized spacial score (nSPS) is 14.7. The average molecular weight is 380 g/mol. The molecular weight excluding hydrogens is 354 g/mol. The van der Waals surface area contributed by atoms with E-state index in [4.69, 9.17) is 4.98 Å². The van der Waals surface area contributed by atoms with E-state index in [2.05, 4.69) is 12.2 Å². The lowest BCUT2D eigenvalue weighted by molar-refractivity contribution is -0.119. The maximum absolute atomic E-state index is 13.0. The summed E-state index contributed by atoms with van der Waals surface area (Å²) in [6.07, 6.45) is 4.95. The zero-order chi connectivity index (χ0) is 18.0. The average Bonchev–Trinajstić information content (AvgIpc) is 3.16. The van der Waals surface area contributed by atoms with Crippen LogP contribution in [0.5, 0.6) is 0 Å². The Balaban J connectivity index is 1.90. The summed E-state index contributed by atoms with van der Waals surface area (Å²) in [6.45, 7) is 6.73. The van der Waals surface area contributed by atoms with Gasteiger partial charge in [0.25, 0.3) is 5.56 Å². The van der Waals surface area contributed by atoms with Crippen molar-refractivity contribution in [3.05, 3.63) is 20.8 Å². The van der Waals surface area contributed by atoms with E-state index < -0.39 is 0 Å². The Hall–Kier alpha value is -1.34. The number of thioether (sulfide) groups is 1. The van der Waals surface area contributed by atoms with Gasteiger partial charge in [0.05, 0.1) is 11.1 Å². The molecule has 1 unspecified atom stereocenters. The van der Waals surface area contributed by atoms with Gasteiger partial charge in [0.15, 0.2) is 5.16 Å². The maximum Gasteiger partial charge on any atom is 0.263 e. The van der Waals surface area contributed by atoms with Gasteiger partial charge in [0.2, 0.25) is 5.91 Å². The Bertz CT molecular complexity index is 841. The quantitative estimate of drug-likeness (QED) is 0.592. The number of carbonyl (C=O) groups is 1. The van der Waals surface area contributed by atoms with Crippen molar-refractivity contribution in [3.63, 3.8) is 0 Å². The summed E-state index contributed by atoms with van der Waals surface area (Å²) in [5.74, 6) is 0.280. The minimum Gasteiger partial charge on any atom is -0.353 e. The fourth-order valence-electron chi connectivity index (χ4n) is 3.14. The molecule has 0 aromatic carbocycles. The molecule has 0 radical (unpaired) electrons. The van der Waals surface area contributed by atoms with Crippen molar-refractivity contribution in [1.82, 2.24) is 14.9 Å². The van der Waals surface area contributed by atoms with Crippen LogP contribution in [0.15, 0.2) is 9.95 Å². The van der Waals surface area contributed by atoms with Crippen LogP contribution in [0.1, 0.15) is 50.5 Å². The molecule has 2 aromatic heterocycles. The smallest absolute Gasteiger partial charge is 0.263 e. The van der Waals surface area contributed by atoms with E-state index in [1.54, 1.807) is 15.9 Å². The van der Waals surface area contributed by atoms with Crippen molar-refractivity contribution < 1.29 is 4.79 Å². The van der Waals surface area contributed by atoms with Crippen LogP contribution in [0, 0.1) is 0 Å². The second-order valence-corrected chi connectivity index (χ2v) is 8.58. The van der Waals surface area contributed by atoms with E-state index in [1.165, 1.54) is 22.2 Å². The fourth-order valence-corrected chi connectivity index (χ4v) is 5.28. The van der Waals surface area contributed by atoms with Gasteiger partial charge < -0.3 is 5.32 Å². The number of aryl methyl sites for hydroxylation is 2. The summed E-state index contributed by atoms with van der Waals surface area (Å²) in [5.41, 5.74) is 1.28. The lowest BCUT2D eigenvalue weighted by atomic mass is 10.2. The zero-order valence-corrected chi connectivity index (χ0v) is 16.7. The molecule has 1 atom stereocenters. The van der Waals surface area contributed by atoms with Crippen LogP contribution in [-0.4, -0.2) is 27.3 Å². The fraction of sp³-hybridized carbons (Fsp3) is 0.611. The number of thiophene rings is 1. The van der Waals surface area contributed by atoms with E-state index >= 15 is 0 Å². The highest BCUT2D eigenvalue weighted by molar-refractivity contribution is 7.99. The van der Waals surface area contributed by atoms with Gasteiger partial charge in [0, 0.05) is 17.5 Å². The predicted octanol–water partition coefficient (Wildman–Crippen LogP) is 3.36. The molecule has 2 heterocycles. The summed E-state index contributed by atoms with van der Waals surface area (Å²) >= 11 is 3.02. The lowest BCUT2D eigenvalue weighted by Crippen LogP contribution is -2.33. The minimum atomic E-state index is -0.00887. The molecule has 1 aliphatic carbocycles. The molecule has 0 aliphatic heterocycles. The Kier molecular flexibility index (Phi) is 5.84. The van der Waals surface area contributed by atoms with Gasteiger partial charge in [-0.25, -0.2) is 4.98 Å². The maximum atomic E-state index is 13.0. The monoisotopic (exact) mass is 379 g/mol. The van der Waals surface area contributed by atoms with Crippen LogP contribution in [0.25, 0.3) is 10.2 Å². The SMILES string of the molecule is CCCn1c(SCC(=O)NC(C)CC)nc2sc3c(c2c1=O)CCC3. The number of hydrogen-bond acceptors (Lipinski definition) is 5. The van der Waals surface area contributed by atoms with Gasteiger partial charge in [-0.1, -0.05) is 25.6 Å². The second kappa shape index (κ2) is 7.91. The summed E-state index contributed by atoms with van der Waals surface area (Å²) in [6, 6.07) is 0.168. The number of nitrogens with zero attached hydrogens (tertiary/aromatic N) is 2. The molecule has 1 N–H and O–H groups in total. The van der Waals surface area contributed by atoms with Crippen LogP contribution in [0.4, 0.5) is 0 Å². The Morgan fingerprint density at radius 1 is 1.40 bits per heavy atom. The van der Waals surface area contributed by atoms with Crippen molar-refractivity contribution in [1.29, 1.82) is 0 Å². The number of aromatic nitrogens is 2. The van der Waals surface area contributed by atoms with Crippen LogP contribution < -0.4 is 10.9 Å². The number of rotatable bonds is 7. The first kappa shape index (κ1) is 18.5. The standard InChI is InChI=1S/C18H25N3O2S2/c1-4-9-21-17(23)15-12-7-6-8-13(12)25-16(15)20-18(21)24-10-14(22)19-11(3)5-2/h11H,4-10H2,1-3H3,(H,19,22). The van der Waals surface area contributed by atoms with Gasteiger partial charge in [-0.15, -0.1) is 11.3 Å². The van der Waals surface area contributed by atoms with Crippen LogP contribution >= 0.6 is 23.1 Å². The number of amides is 1. The summed E-state index contributed by atoms with van der Waals surface area (Å²) in [7, 11) is 0. The Labute approximate surface area is 156 Å². The molecule has 0 spiro atoms. The van der Waals surface area contributed by atoms with Crippen LogP contribution in [0.3, 0.4) is 0 Å². The van der Waals surface area contributed by atoms with E-state index in [9.17, 15) is 9.59 Å². The van der Waals surface area contributed by atoms with Crippen molar-refractivity contribution in [3.8, 4) is 0 Å². The topological polar surface area (TPSA) is 64.0 Å². The number of nitrogens with one attached hydrogen (secondary N) is 1. The number of fused-ring (bicyclic) bond motifs is 3. The molecule has 1 amide bonds. The molecule has 0 saturated heterocycles. The van der Waals surface area contributed by atoms with E-state index in [-0.39, 0.29) is 23.3 Å². The Morgan fingerprint density at radius 3 is 2.92 bits per heavy atom. The molecule has 5 nitrogen and oxygen atoms in total. The summed E-state index contributed by atoms with van der Waals surface area (Å²) in [4.78, 5) is 32.0. The van der Waals surface area contributed by atoms with Crippen LogP contribution in [0.2, 0.25) is 0 Å². The zero-order valence-electron chi connectivity index (χ0n) is 15.1. The van der Waals surface area contributed by atoms with E-state index in [0.717, 1.165) is 42.3 Å². The number of carbonyl (C=O) groups excluding carboxylic acids is 1.